The highest BCUT2D eigenvalue weighted by Gasteiger charge is 2.23. The molecule has 0 bridgehead atoms. The number of allylic oxidation sites excluding steroid dienone is 2. The summed E-state index contributed by atoms with van der Waals surface area (Å²) in [5, 5.41) is 0. The van der Waals surface area contributed by atoms with Crippen molar-refractivity contribution in [3.8, 4) is 0 Å². The third-order valence-corrected chi connectivity index (χ3v) is 11.0. The molecule has 8 nitrogen and oxygen atoms in total. The van der Waals surface area contributed by atoms with Gasteiger partial charge in [-0.15, -0.1) is 0 Å². The predicted molar refractivity (Wildman–Crippen MR) is 230 cm³/mol. The van der Waals surface area contributed by atoms with E-state index < -0.39 is 32.5 Å². The van der Waals surface area contributed by atoms with Crippen molar-refractivity contribution in [1.82, 2.24) is 0 Å². The molecule has 0 amide bonds. The molecule has 0 heterocycles. The van der Waals surface area contributed by atoms with Crippen molar-refractivity contribution in [2.45, 2.75) is 258 Å². The quantitative estimate of drug-likeness (QED) is 0.0271. The van der Waals surface area contributed by atoms with E-state index in [1.807, 2.05) is 0 Å². The van der Waals surface area contributed by atoms with Crippen molar-refractivity contribution in [1.29, 1.82) is 0 Å². The highest BCUT2D eigenvalue weighted by molar-refractivity contribution is 7.46. The number of phosphoric ester groups is 1. The Bertz CT molecular complexity index is 904. The lowest BCUT2D eigenvalue weighted by Gasteiger charge is -2.18. The molecule has 0 spiro atoms. The normalized spacial score (nSPS) is 12.4. The Balaban J connectivity index is 3.81. The van der Waals surface area contributed by atoms with Crippen LogP contribution in [0.2, 0.25) is 0 Å². The molecule has 0 fully saturated rings. The molecule has 0 rings (SSSR count). The van der Waals surface area contributed by atoms with Crippen LogP contribution in [0.5, 0.6) is 0 Å². The lowest BCUT2D eigenvalue weighted by Crippen LogP contribution is -2.29. The van der Waals surface area contributed by atoms with Gasteiger partial charge in [-0.2, -0.15) is 0 Å². The van der Waals surface area contributed by atoms with Gasteiger partial charge in [-0.25, -0.2) is 4.57 Å². The van der Waals surface area contributed by atoms with Crippen LogP contribution in [0.15, 0.2) is 12.2 Å². The average molecular weight is 801 g/mol. The van der Waals surface area contributed by atoms with Gasteiger partial charge in [-0.1, -0.05) is 212 Å². The summed E-state index contributed by atoms with van der Waals surface area (Å²) in [6.45, 7) is 3.71. The summed E-state index contributed by atoms with van der Waals surface area (Å²) in [6.07, 6.45) is 48.0. The third-order valence-electron chi connectivity index (χ3n) is 10.5. The molecular weight excluding hydrogens is 711 g/mol. The second kappa shape index (κ2) is 42.4. The molecule has 1 atom stereocenters. The number of carbonyl (C=O) groups is 2. The predicted octanol–water partition coefficient (Wildman–Crippen LogP) is 14.6. The molecular formula is C46H89O8P. The van der Waals surface area contributed by atoms with Gasteiger partial charge in [0.05, 0.1) is 6.61 Å². The maximum Gasteiger partial charge on any atom is 0.469 e. The molecule has 0 aromatic carbocycles. The van der Waals surface area contributed by atoms with Crippen LogP contribution in [0.1, 0.15) is 251 Å². The summed E-state index contributed by atoms with van der Waals surface area (Å²) in [6, 6.07) is 0. The number of unbranched alkanes of at least 4 members (excludes halogenated alkanes) is 32. The van der Waals surface area contributed by atoms with E-state index in [-0.39, 0.29) is 19.4 Å². The van der Waals surface area contributed by atoms with Crippen molar-refractivity contribution in [3.05, 3.63) is 12.2 Å². The maximum atomic E-state index is 12.4. The Morgan fingerprint density at radius 3 is 1.13 bits per heavy atom. The molecule has 0 unspecified atom stereocenters. The van der Waals surface area contributed by atoms with Crippen molar-refractivity contribution in [2.24, 2.45) is 0 Å². The molecule has 0 aliphatic rings. The van der Waals surface area contributed by atoms with Crippen molar-refractivity contribution < 1.29 is 37.9 Å². The van der Waals surface area contributed by atoms with E-state index in [9.17, 15) is 14.2 Å². The van der Waals surface area contributed by atoms with Crippen LogP contribution >= 0.6 is 7.82 Å². The van der Waals surface area contributed by atoms with Gasteiger partial charge in [0.25, 0.3) is 0 Å². The van der Waals surface area contributed by atoms with Gasteiger partial charge in [0.1, 0.15) is 6.61 Å². The van der Waals surface area contributed by atoms with Gasteiger partial charge >= 0.3 is 19.8 Å². The highest BCUT2D eigenvalue weighted by Crippen LogP contribution is 2.36. The van der Waals surface area contributed by atoms with E-state index >= 15 is 0 Å². The summed E-state index contributed by atoms with van der Waals surface area (Å²) in [5.41, 5.74) is 0. The molecule has 0 aromatic rings. The highest BCUT2D eigenvalue weighted by atomic mass is 31.2. The summed E-state index contributed by atoms with van der Waals surface area (Å²) >= 11 is 0. The molecule has 326 valence electrons. The Kier molecular flexibility index (Phi) is 41.5. The Morgan fingerprint density at radius 1 is 0.455 bits per heavy atom. The lowest BCUT2D eigenvalue weighted by molar-refractivity contribution is -0.161. The van der Waals surface area contributed by atoms with Crippen LogP contribution in [-0.2, 0) is 28.2 Å². The number of esters is 2. The first-order chi connectivity index (χ1) is 26.8. The lowest BCUT2D eigenvalue weighted by atomic mass is 10.0. The van der Waals surface area contributed by atoms with Gasteiger partial charge in [0.15, 0.2) is 6.10 Å². The maximum absolute atomic E-state index is 12.4. The summed E-state index contributed by atoms with van der Waals surface area (Å²) in [7, 11) is -4.75. The molecule has 9 heteroatoms. The van der Waals surface area contributed by atoms with E-state index in [1.54, 1.807) is 0 Å². The minimum atomic E-state index is -4.75. The first-order valence-corrected chi connectivity index (χ1v) is 25.0. The van der Waals surface area contributed by atoms with Crippen LogP contribution in [0, 0.1) is 0 Å². The van der Waals surface area contributed by atoms with Crippen LogP contribution in [0.3, 0.4) is 0 Å². The minimum Gasteiger partial charge on any atom is -0.462 e. The van der Waals surface area contributed by atoms with Gasteiger partial charge in [-0.05, 0) is 38.5 Å². The molecule has 55 heavy (non-hydrogen) atoms. The monoisotopic (exact) mass is 801 g/mol. The van der Waals surface area contributed by atoms with E-state index in [0.29, 0.717) is 12.8 Å². The summed E-state index contributed by atoms with van der Waals surface area (Å²) in [4.78, 5) is 42.9. The van der Waals surface area contributed by atoms with Crippen molar-refractivity contribution in [2.75, 3.05) is 13.2 Å². The van der Waals surface area contributed by atoms with Crippen LogP contribution < -0.4 is 0 Å². The standard InChI is InChI=1S/C46H89O8P/c1-3-5-7-9-11-13-15-17-19-20-21-22-23-24-25-27-29-31-33-35-37-39-41-46(48)54-44(43-53-55(49,50)51)42-52-45(47)40-38-36-34-32-30-28-26-18-16-14-12-10-8-6-4-2/h28,30,44H,3-27,29,31-43H2,1-2H3,(H2,49,50,51)/b30-28+/t44-/m1/s1. The summed E-state index contributed by atoms with van der Waals surface area (Å²) in [5.74, 6) is -0.888. The minimum absolute atomic E-state index is 0.215. The zero-order valence-electron chi connectivity index (χ0n) is 36.1. The molecule has 0 aliphatic carbocycles. The molecule has 0 saturated carbocycles. The van der Waals surface area contributed by atoms with Crippen LogP contribution in [0.25, 0.3) is 0 Å². The van der Waals surface area contributed by atoms with Crippen molar-refractivity contribution >= 4 is 19.8 Å². The van der Waals surface area contributed by atoms with Gasteiger partial charge < -0.3 is 19.3 Å². The number of hydrogen-bond donors (Lipinski definition) is 2. The number of ether oxygens (including phenoxy) is 2. The molecule has 2 N–H and O–H groups in total. The molecule has 0 aliphatic heterocycles. The fourth-order valence-corrected chi connectivity index (χ4v) is 7.38. The fourth-order valence-electron chi connectivity index (χ4n) is 7.02. The van der Waals surface area contributed by atoms with Crippen LogP contribution in [-0.4, -0.2) is 41.0 Å². The zero-order chi connectivity index (χ0) is 40.3. The molecule has 0 radical (unpaired) electrons. The van der Waals surface area contributed by atoms with Gasteiger partial charge in [0, 0.05) is 12.8 Å². The number of carbonyl (C=O) groups excluding carboxylic acids is 2. The first kappa shape index (κ1) is 53.8. The smallest absolute Gasteiger partial charge is 0.462 e. The van der Waals surface area contributed by atoms with Crippen molar-refractivity contribution in [3.63, 3.8) is 0 Å². The SMILES string of the molecule is CCCCCCCCCC/C=C/CCCCCC(=O)OC[C@H](COP(=O)(O)O)OC(=O)CCCCCCCCCCCCCCCCCCCCCCCC. The Labute approximate surface area is 339 Å². The summed E-state index contributed by atoms with van der Waals surface area (Å²) < 4.78 is 26.4. The average Bonchev–Trinajstić information content (AvgIpc) is 3.16. The zero-order valence-corrected chi connectivity index (χ0v) is 37.0. The van der Waals surface area contributed by atoms with E-state index in [2.05, 4.69) is 30.5 Å². The van der Waals surface area contributed by atoms with E-state index in [1.165, 1.54) is 173 Å². The van der Waals surface area contributed by atoms with E-state index in [0.717, 1.165) is 38.5 Å². The number of rotatable bonds is 44. The Hall–Kier alpha value is -1.21. The largest absolute Gasteiger partial charge is 0.469 e. The first-order valence-electron chi connectivity index (χ1n) is 23.5. The molecule has 0 aromatic heterocycles. The number of phosphoric acid groups is 1. The fraction of sp³-hybridized carbons (Fsp3) is 0.913. The number of hydrogen-bond acceptors (Lipinski definition) is 6. The Morgan fingerprint density at radius 2 is 0.764 bits per heavy atom. The topological polar surface area (TPSA) is 119 Å². The second-order valence-electron chi connectivity index (χ2n) is 16.1. The second-order valence-corrected chi connectivity index (χ2v) is 17.3. The van der Waals surface area contributed by atoms with E-state index in [4.69, 9.17) is 19.3 Å². The van der Waals surface area contributed by atoms with Gasteiger partial charge in [0.2, 0.25) is 0 Å². The molecule has 0 saturated heterocycles. The third kappa shape index (κ3) is 45.4. The van der Waals surface area contributed by atoms with Gasteiger partial charge in [-0.3, -0.25) is 14.1 Å². The van der Waals surface area contributed by atoms with Crippen LogP contribution in [0.4, 0.5) is 0 Å².